The molecule has 2 N–H and O–H groups in total. The van der Waals surface area contributed by atoms with Crippen molar-refractivity contribution in [3.63, 3.8) is 0 Å². The predicted molar refractivity (Wildman–Crippen MR) is 52.9 cm³/mol. The Labute approximate surface area is 75.1 Å². The number of nitrogens with zero attached hydrogens (tertiary/aromatic N) is 1. The summed E-state index contributed by atoms with van der Waals surface area (Å²) in [5, 5.41) is 0. The second-order valence-corrected chi connectivity index (χ2v) is 3.43. The zero-order valence-corrected chi connectivity index (χ0v) is 8.22. The Morgan fingerprint density at radius 1 is 1.36 bits per heavy atom. The van der Waals surface area contributed by atoms with E-state index in [2.05, 4.69) is 15.9 Å². The first kappa shape index (κ1) is 8.40. The molecule has 60 valence electrons. The van der Waals surface area contributed by atoms with Gasteiger partial charge in [-0.2, -0.15) is 0 Å². The third-order valence-electron chi connectivity index (χ3n) is 1.47. The fourth-order valence-corrected chi connectivity index (χ4v) is 1.74. The Kier molecular flexibility index (Phi) is 2.39. The third kappa shape index (κ3) is 1.66. The molecule has 2 nitrogen and oxygen atoms in total. The summed E-state index contributed by atoms with van der Waals surface area (Å²) in [6, 6.07) is 5.79. The van der Waals surface area contributed by atoms with Crippen LogP contribution < -0.4 is 10.6 Å². The fourth-order valence-electron chi connectivity index (χ4n) is 1.00. The van der Waals surface area contributed by atoms with Crippen LogP contribution in [0.4, 0.5) is 11.4 Å². The molecule has 0 atom stereocenters. The quantitative estimate of drug-likeness (QED) is 0.727. The van der Waals surface area contributed by atoms with Crippen molar-refractivity contribution in [3.05, 3.63) is 22.7 Å². The lowest BCUT2D eigenvalue weighted by molar-refractivity contribution is 1.13. The van der Waals surface area contributed by atoms with Gasteiger partial charge in [0.05, 0.1) is 11.4 Å². The van der Waals surface area contributed by atoms with Gasteiger partial charge in [-0.25, -0.2) is 0 Å². The molecule has 1 rings (SSSR count). The van der Waals surface area contributed by atoms with E-state index in [0.717, 1.165) is 15.8 Å². The van der Waals surface area contributed by atoms with E-state index in [1.54, 1.807) is 0 Å². The number of hydrogen-bond donors (Lipinski definition) is 1. The van der Waals surface area contributed by atoms with Crippen molar-refractivity contribution in [2.24, 2.45) is 0 Å². The number of anilines is 2. The first-order valence-corrected chi connectivity index (χ1v) is 4.13. The van der Waals surface area contributed by atoms with Gasteiger partial charge in [0.25, 0.3) is 0 Å². The topological polar surface area (TPSA) is 29.3 Å². The van der Waals surface area contributed by atoms with Crippen LogP contribution in [0.1, 0.15) is 0 Å². The molecule has 11 heavy (non-hydrogen) atoms. The Hall–Kier alpha value is -0.700. The Morgan fingerprint density at radius 3 is 2.36 bits per heavy atom. The summed E-state index contributed by atoms with van der Waals surface area (Å²) in [6.07, 6.45) is 0. The Bertz CT molecular complexity index is 238. The molecule has 0 aromatic heterocycles. The first-order valence-electron chi connectivity index (χ1n) is 3.34. The zero-order chi connectivity index (χ0) is 8.43. The fraction of sp³-hybridized carbons (Fsp3) is 0.250. The summed E-state index contributed by atoms with van der Waals surface area (Å²) in [7, 11) is 3.94. The number of rotatable bonds is 1. The Morgan fingerprint density at radius 2 is 2.00 bits per heavy atom. The lowest BCUT2D eigenvalue weighted by Crippen LogP contribution is -2.11. The molecule has 0 saturated heterocycles. The third-order valence-corrected chi connectivity index (χ3v) is 2.11. The highest BCUT2D eigenvalue weighted by atomic mass is 79.9. The largest absolute Gasteiger partial charge is 0.397 e. The summed E-state index contributed by atoms with van der Waals surface area (Å²) in [6.45, 7) is 0. The smallest absolute Gasteiger partial charge is 0.0739 e. The van der Waals surface area contributed by atoms with Crippen LogP contribution in [0.3, 0.4) is 0 Å². The lowest BCUT2D eigenvalue weighted by atomic mass is 10.2. The highest BCUT2D eigenvalue weighted by Crippen LogP contribution is 2.30. The molecule has 0 aliphatic heterocycles. The van der Waals surface area contributed by atoms with Gasteiger partial charge in [-0.3, -0.25) is 0 Å². The van der Waals surface area contributed by atoms with Gasteiger partial charge < -0.3 is 10.6 Å². The minimum absolute atomic E-state index is 0.796. The minimum Gasteiger partial charge on any atom is -0.397 e. The zero-order valence-electron chi connectivity index (χ0n) is 6.63. The summed E-state index contributed by atoms with van der Waals surface area (Å²) in [5.74, 6) is 0. The number of halogens is 1. The summed E-state index contributed by atoms with van der Waals surface area (Å²) in [5.41, 5.74) is 7.58. The van der Waals surface area contributed by atoms with Crippen LogP contribution in [0.15, 0.2) is 22.7 Å². The standard InChI is InChI=1S/C8H11BrN2/c1-11(2)8-6(9)4-3-5-7(8)10/h3-5H,10H2,1-2H3. The number of hydrogen-bond acceptors (Lipinski definition) is 2. The van der Waals surface area contributed by atoms with Crippen LogP contribution in [-0.2, 0) is 0 Å². The van der Waals surface area contributed by atoms with E-state index in [1.165, 1.54) is 0 Å². The van der Waals surface area contributed by atoms with Crippen molar-refractivity contribution in [1.82, 2.24) is 0 Å². The van der Waals surface area contributed by atoms with E-state index in [4.69, 9.17) is 5.73 Å². The first-order chi connectivity index (χ1) is 5.13. The van der Waals surface area contributed by atoms with Crippen molar-refractivity contribution in [1.29, 1.82) is 0 Å². The normalized spacial score (nSPS) is 9.73. The van der Waals surface area contributed by atoms with Gasteiger partial charge in [0.15, 0.2) is 0 Å². The molecular formula is C8H11BrN2. The maximum Gasteiger partial charge on any atom is 0.0739 e. The monoisotopic (exact) mass is 214 g/mol. The SMILES string of the molecule is CN(C)c1c(N)cccc1Br. The molecular weight excluding hydrogens is 204 g/mol. The molecule has 0 spiro atoms. The molecule has 0 amide bonds. The van der Waals surface area contributed by atoms with Crippen molar-refractivity contribution >= 4 is 27.3 Å². The second kappa shape index (κ2) is 3.13. The van der Waals surface area contributed by atoms with Crippen LogP contribution in [-0.4, -0.2) is 14.1 Å². The van der Waals surface area contributed by atoms with Crippen molar-refractivity contribution < 1.29 is 0 Å². The minimum atomic E-state index is 0.796. The van der Waals surface area contributed by atoms with Gasteiger partial charge in [-0.1, -0.05) is 6.07 Å². The number of benzene rings is 1. The molecule has 0 aliphatic carbocycles. The molecule has 0 radical (unpaired) electrons. The van der Waals surface area contributed by atoms with Gasteiger partial charge in [-0.15, -0.1) is 0 Å². The molecule has 3 heteroatoms. The highest BCUT2D eigenvalue weighted by molar-refractivity contribution is 9.10. The van der Waals surface area contributed by atoms with Crippen molar-refractivity contribution in [2.75, 3.05) is 24.7 Å². The molecule has 1 aromatic carbocycles. The van der Waals surface area contributed by atoms with Crippen LogP contribution in [0.5, 0.6) is 0 Å². The van der Waals surface area contributed by atoms with E-state index >= 15 is 0 Å². The number of nitrogen functional groups attached to an aromatic ring is 1. The van der Waals surface area contributed by atoms with Crippen LogP contribution in [0, 0.1) is 0 Å². The maximum absolute atomic E-state index is 5.75. The summed E-state index contributed by atoms with van der Waals surface area (Å²) < 4.78 is 1.03. The van der Waals surface area contributed by atoms with Crippen LogP contribution in [0.25, 0.3) is 0 Å². The van der Waals surface area contributed by atoms with E-state index in [9.17, 15) is 0 Å². The van der Waals surface area contributed by atoms with Crippen LogP contribution in [0.2, 0.25) is 0 Å². The molecule has 0 saturated carbocycles. The van der Waals surface area contributed by atoms with E-state index in [-0.39, 0.29) is 0 Å². The molecule has 0 aliphatic rings. The molecule has 1 aromatic rings. The predicted octanol–water partition coefficient (Wildman–Crippen LogP) is 2.10. The van der Waals surface area contributed by atoms with Crippen molar-refractivity contribution in [2.45, 2.75) is 0 Å². The van der Waals surface area contributed by atoms with Gasteiger partial charge in [-0.05, 0) is 28.1 Å². The highest BCUT2D eigenvalue weighted by Gasteiger charge is 2.04. The second-order valence-electron chi connectivity index (χ2n) is 2.57. The number of nitrogens with two attached hydrogens (primary N) is 1. The van der Waals surface area contributed by atoms with E-state index in [0.29, 0.717) is 0 Å². The van der Waals surface area contributed by atoms with Gasteiger partial charge in [0.2, 0.25) is 0 Å². The van der Waals surface area contributed by atoms with E-state index < -0.39 is 0 Å². The van der Waals surface area contributed by atoms with E-state index in [1.807, 2.05) is 37.2 Å². The number of para-hydroxylation sites is 1. The lowest BCUT2D eigenvalue weighted by Gasteiger charge is -2.16. The van der Waals surface area contributed by atoms with Crippen molar-refractivity contribution in [3.8, 4) is 0 Å². The average Bonchev–Trinajstić information content (AvgIpc) is 1.85. The maximum atomic E-state index is 5.75. The van der Waals surface area contributed by atoms with Gasteiger partial charge >= 0.3 is 0 Å². The van der Waals surface area contributed by atoms with Crippen LogP contribution >= 0.6 is 15.9 Å². The average molecular weight is 215 g/mol. The summed E-state index contributed by atoms with van der Waals surface area (Å²) in [4.78, 5) is 1.99. The Balaban J connectivity index is 3.21. The molecule has 0 fully saturated rings. The molecule has 0 unspecified atom stereocenters. The van der Waals surface area contributed by atoms with Gasteiger partial charge in [0, 0.05) is 18.6 Å². The molecule has 0 bridgehead atoms. The summed E-state index contributed by atoms with van der Waals surface area (Å²) >= 11 is 3.43. The molecule has 0 heterocycles. The van der Waals surface area contributed by atoms with Gasteiger partial charge in [0.1, 0.15) is 0 Å².